The minimum atomic E-state index is 0. The Labute approximate surface area is 86.4 Å². The van der Waals surface area contributed by atoms with Crippen molar-refractivity contribution in [3.05, 3.63) is 0 Å². The normalized spacial score (nSPS) is 0. The Morgan fingerprint density at radius 2 is 1.00 bits per heavy atom. The van der Waals surface area contributed by atoms with Crippen molar-refractivity contribution in [2.45, 2.75) is 0 Å². The van der Waals surface area contributed by atoms with E-state index in [0.29, 0.717) is 0 Å². The molecule has 0 nitrogen and oxygen atoms in total. The minimum Gasteiger partial charge on any atom is -1.00 e. The zero-order chi connectivity index (χ0) is 0. The van der Waals surface area contributed by atoms with Gasteiger partial charge >= 0.3 is 48.9 Å². The number of rotatable bonds is 0. The van der Waals surface area contributed by atoms with Gasteiger partial charge in [0.1, 0.15) is 0 Å². The molecule has 0 aliphatic heterocycles. The maximum absolute atomic E-state index is 0. The average Bonchev–Trinajstić information content (AvgIpc) is 0. The summed E-state index contributed by atoms with van der Waals surface area (Å²) in [5.74, 6) is 0. The summed E-state index contributed by atoms with van der Waals surface area (Å²) in [6.07, 6.45) is 0. The van der Waals surface area contributed by atoms with Crippen LogP contribution in [0.4, 0.5) is 0 Å². The number of hydrogen-bond donors (Lipinski definition) is 0. The van der Waals surface area contributed by atoms with Crippen LogP contribution in [0, 0.1) is 0 Å². The molecule has 0 aromatic heterocycles. The Morgan fingerprint density at radius 3 is 1.00 bits per heavy atom. The second-order valence-corrected chi connectivity index (χ2v) is 0. The van der Waals surface area contributed by atoms with Crippen molar-refractivity contribution in [3.8, 4) is 0 Å². The monoisotopic (exact) mass is 286 g/mol. The molecule has 0 saturated heterocycles. The molecule has 0 aromatic carbocycles. The van der Waals surface area contributed by atoms with Gasteiger partial charge in [-0.15, -0.1) is 0 Å². The summed E-state index contributed by atoms with van der Waals surface area (Å²) in [4.78, 5) is 0. The van der Waals surface area contributed by atoms with Crippen molar-refractivity contribution >= 4 is 58.8 Å². The molecular formula is H3BaBrClP. The first-order valence-corrected chi connectivity index (χ1v) is 0. The molecular weight excluding hydrogens is 284 g/mol. The second-order valence-electron chi connectivity index (χ2n) is 0. The first-order valence-electron chi connectivity index (χ1n) is 0. The smallest absolute Gasteiger partial charge is 1.00 e. The third kappa shape index (κ3) is 8.84. The predicted octanol–water partition coefficient (Wildman–Crippen LogP) is -6.31. The van der Waals surface area contributed by atoms with Crippen molar-refractivity contribution in [3.63, 3.8) is 0 Å². The van der Waals surface area contributed by atoms with E-state index in [1.807, 2.05) is 0 Å². The van der Waals surface area contributed by atoms with Crippen LogP contribution in [0.25, 0.3) is 0 Å². The molecule has 0 aromatic rings. The summed E-state index contributed by atoms with van der Waals surface area (Å²) in [5, 5.41) is 0. The van der Waals surface area contributed by atoms with E-state index in [1.54, 1.807) is 0 Å². The van der Waals surface area contributed by atoms with Crippen LogP contribution in [0.1, 0.15) is 0 Å². The maximum Gasteiger partial charge on any atom is 2.00 e. The third-order valence-corrected chi connectivity index (χ3v) is 0. The molecule has 4 heavy (non-hydrogen) atoms. The molecule has 24 valence electrons. The van der Waals surface area contributed by atoms with Gasteiger partial charge in [0.2, 0.25) is 0 Å². The van der Waals surface area contributed by atoms with Crippen LogP contribution < -0.4 is 29.4 Å². The first kappa shape index (κ1) is 29.4. The van der Waals surface area contributed by atoms with Gasteiger partial charge in [0.15, 0.2) is 0 Å². The van der Waals surface area contributed by atoms with E-state index in [1.165, 1.54) is 0 Å². The molecule has 0 amide bonds. The molecule has 0 aliphatic rings. The van der Waals surface area contributed by atoms with E-state index in [0.717, 1.165) is 0 Å². The first-order chi connectivity index (χ1) is 0. The molecule has 0 radical (unpaired) electrons. The standard InChI is InChI=1S/Ba.BrH.ClH.H3P/h;2*1H;1H3/q+2;;;/p-2. The molecule has 0 fully saturated rings. The fourth-order valence-electron chi connectivity index (χ4n) is 0. The molecule has 0 N–H and O–H groups in total. The summed E-state index contributed by atoms with van der Waals surface area (Å²) in [6, 6.07) is 0. The molecule has 0 saturated carbocycles. The third-order valence-electron chi connectivity index (χ3n) is 0. The summed E-state index contributed by atoms with van der Waals surface area (Å²) < 4.78 is 0. The summed E-state index contributed by atoms with van der Waals surface area (Å²) in [5.41, 5.74) is 0. The van der Waals surface area contributed by atoms with Gasteiger partial charge in [-0.2, -0.15) is 9.90 Å². The van der Waals surface area contributed by atoms with Gasteiger partial charge in [-0.1, -0.05) is 0 Å². The Morgan fingerprint density at radius 1 is 1.00 bits per heavy atom. The fourth-order valence-corrected chi connectivity index (χ4v) is 0. The van der Waals surface area contributed by atoms with Gasteiger partial charge in [0.05, 0.1) is 0 Å². The van der Waals surface area contributed by atoms with Crippen LogP contribution >= 0.6 is 9.90 Å². The van der Waals surface area contributed by atoms with Crippen molar-refractivity contribution in [2.75, 3.05) is 0 Å². The molecule has 1 unspecified atom stereocenters. The topological polar surface area (TPSA) is 0 Å². The van der Waals surface area contributed by atoms with Crippen LogP contribution in [0.3, 0.4) is 0 Å². The molecule has 4 heteroatoms. The van der Waals surface area contributed by atoms with Crippen molar-refractivity contribution in [1.29, 1.82) is 0 Å². The zero-order valence-electron chi connectivity index (χ0n) is 2.17. The quantitative estimate of drug-likeness (QED) is 0.307. The average molecular weight is 287 g/mol. The van der Waals surface area contributed by atoms with E-state index >= 15 is 0 Å². The Bertz CT molecular complexity index is 8.00. The van der Waals surface area contributed by atoms with E-state index in [2.05, 4.69) is 0 Å². The Hall–Kier alpha value is 2.77. The van der Waals surface area contributed by atoms with E-state index in [-0.39, 0.29) is 88.2 Å². The van der Waals surface area contributed by atoms with Gasteiger partial charge in [-0.25, -0.2) is 0 Å². The van der Waals surface area contributed by atoms with Crippen molar-refractivity contribution < 1.29 is 29.4 Å². The second kappa shape index (κ2) is 17.1. The molecule has 0 heterocycles. The largest absolute Gasteiger partial charge is 2.00 e. The van der Waals surface area contributed by atoms with Gasteiger partial charge in [-0.05, 0) is 0 Å². The van der Waals surface area contributed by atoms with E-state index in [4.69, 9.17) is 0 Å². The molecule has 1 atom stereocenters. The SMILES string of the molecule is P.[Ba+2].[Br-].[Cl-]. The van der Waals surface area contributed by atoms with Crippen LogP contribution in [-0.4, -0.2) is 48.9 Å². The van der Waals surface area contributed by atoms with Gasteiger partial charge in [0, 0.05) is 0 Å². The predicted molar refractivity (Wildman–Crippen MR) is 16.9 cm³/mol. The van der Waals surface area contributed by atoms with Gasteiger partial charge < -0.3 is 29.4 Å². The minimum absolute atomic E-state index is 0. The number of hydrogen-bond acceptors (Lipinski definition) is 0. The Kier molecular flexibility index (Phi) is 126. The van der Waals surface area contributed by atoms with Crippen LogP contribution in [-0.2, 0) is 0 Å². The maximum atomic E-state index is 0. The van der Waals surface area contributed by atoms with Crippen LogP contribution in [0.5, 0.6) is 0 Å². The molecule has 0 bridgehead atoms. The van der Waals surface area contributed by atoms with E-state index in [9.17, 15) is 0 Å². The number of halogens is 2. The van der Waals surface area contributed by atoms with Crippen molar-refractivity contribution in [2.24, 2.45) is 0 Å². The Balaban J connectivity index is 0. The zero-order valence-corrected chi connectivity index (χ0v) is 10.4. The summed E-state index contributed by atoms with van der Waals surface area (Å²) in [6.45, 7) is 0. The van der Waals surface area contributed by atoms with Gasteiger partial charge in [-0.3, -0.25) is 0 Å². The summed E-state index contributed by atoms with van der Waals surface area (Å²) in [7, 11) is 0. The van der Waals surface area contributed by atoms with Crippen LogP contribution in [0.15, 0.2) is 0 Å². The van der Waals surface area contributed by atoms with Gasteiger partial charge in [0.25, 0.3) is 0 Å². The van der Waals surface area contributed by atoms with Crippen LogP contribution in [0.2, 0.25) is 0 Å². The molecule has 0 rings (SSSR count). The fraction of sp³-hybridized carbons (Fsp3) is 0. The van der Waals surface area contributed by atoms with Crippen molar-refractivity contribution in [1.82, 2.24) is 0 Å². The summed E-state index contributed by atoms with van der Waals surface area (Å²) >= 11 is 0. The van der Waals surface area contributed by atoms with E-state index < -0.39 is 0 Å². The molecule has 0 aliphatic carbocycles. The molecule has 0 spiro atoms.